The number of phenols is 1. The number of aromatic hydroxyl groups is 1. The maximum Gasteiger partial charge on any atom is 0.418 e. The Bertz CT molecular complexity index is 1840. The van der Waals surface area contributed by atoms with E-state index >= 15 is 4.39 Å². The Balaban J connectivity index is 1.35. The molecule has 2 fully saturated rings. The monoisotopic (exact) mass is 602 g/mol. The number of ether oxygens (including phenoxy) is 1. The Hall–Kier alpha value is -4.17. The van der Waals surface area contributed by atoms with E-state index in [9.17, 15) is 18.3 Å². The molecule has 0 unspecified atom stereocenters. The molecule has 2 aliphatic rings. The molecule has 15 heteroatoms. The van der Waals surface area contributed by atoms with Gasteiger partial charge in [-0.05, 0) is 31.0 Å². The van der Waals surface area contributed by atoms with Gasteiger partial charge in [-0.1, -0.05) is 11.6 Å². The van der Waals surface area contributed by atoms with E-state index in [-0.39, 0.29) is 35.6 Å². The number of rotatable bonds is 5. The van der Waals surface area contributed by atoms with Crippen molar-refractivity contribution >= 4 is 39.4 Å². The number of nitrogens with zero attached hydrogens (tertiary/aromatic N) is 6. The number of hydrogen-bond acceptors (Lipinski definition) is 8. The zero-order chi connectivity index (χ0) is 29.3. The maximum atomic E-state index is 16.2. The number of H-pyrrole nitrogens is 1. The summed E-state index contributed by atoms with van der Waals surface area (Å²) < 4.78 is 65.8. The third-order valence-electron chi connectivity index (χ3n) is 7.72. The minimum atomic E-state index is -4.94. The zero-order valence-electron chi connectivity index (χ0n) is 22.0. The highest BCUT2D eigenvalue weighted by Gasteiger charge is 2.39. The third-order valence-corrected chi connectivity index (χ3v) is 8.02. The topological polar surface area (TPSA) is 117 Å². The van der Waals surface area contributed by atoms with Crippen LogP contribution in [0.4, 0.5) is 23.4 Å². The lowest BCUT2D eigenvalue weighted by Gasteiger charge is -2.34. The number of benzene rings is 1. The molecule has 4 aromatic heterocycles. The van der Waals surface area contributed by atoms with E-state index in [1.165, 1.54) is 6.20 Å². The Morgan fingerprint density at radius 2 is 1.88 bits per heavy atom. The van der Waals surface area contributed by atoms with Gasteiger partial charge in [-0.25, -0.2) is 4.39 Å². The van der Waals surface area contributed by atoms with Crippen LogP contribution in [0.3, 0.4) is 0 Å². The van der Waals surface area contributed by atoms with Gasteiger partial charge in [0, 0.05) is 44.0 Å². The highest BCUT2D eigenvalue weighted by atomic mass is 35.5. The standard InChI is InChI=1S/C27H23ClF4N8O2/c1-39-20-4-14(36-19(20)8-34-39)11-42-26-37-24-17(25(38-26)40-9-12-2-3-13(10-40)35-12)7-33-23(22(24)29)16-5-15(41)6-18(28)21(16)27(30,31)32/h4-8,12-13,35-36,41H,2-3,9-11H2,1H3/t12-,13+. The summed E-state index contributed by atoms with van der Waals surface area (Å²) in [4.78, 5) is 18.1. The molecule has 1 aromatic carbocycles. The largest absolute Gasteiger partial charge is 0.508 e. The lowest BCUT2D eigenvalue weighted by Crippen LogP contribution is -2.51. The predicted molar refractivity (Wildman–Crippen MR) is 146 cm³/mol. The quantitative estimate of drug-likeness (QED) is 0.242. The summed E-state index contributed by atoms with van der Waals surface area (Å²) in [5.74, 6) is -1.32. The number of anilines is 1. The van der Waals surface area contributed by atoms with Crippen LogP contribution < -0.4 is 15.0 Å². The number of hydrogen-bond donors (Lipinski definition) is 3. The number of alkyl halides is 3. The minimum Gasteiger partial charge on any atom is -0.508 e. The fourth-order valence-electron chi connectivity index (χ4n) is 5.86. The van der Waals surface area contributed by atoms with Crippen LogP contribution in [0.15, 0.2) is 30.6 Å². The second-order valence-corrected chi connectivity index (χ2v) is 11.0. The summed E-state index contributed by atoms with van der Waals surface area (Å²) in [7, 11) is 1.80. The average Bonchev–Trinajstić information content (AvgIpc) is 3.60. The molecule has 7 rings (SSSR count). The van der Waals surface area contributed by atoms with Crippen LogP contribution in [0, 0.1) is 5.82 Å². The molecule has 218 valence electrons. The van der Waals surface area contributed by atoms with Crippen molar-refractivity contribution in [1.82, 2.24) is 35.0 Å². The molecule has 3 N–H and O–H groups in total. The summed E-state index contributed by atoms with van der Waals surface area (Å²) in [6.45, 7) is 1.22. The van der Waals surface area contributed by atoms with Crippen LogP contribution in [0.5, 0.6) is 11.8 Å². The van der Waals surface area contributed by atoms with Crippen molar-refractivity contribution in [3.8, 4) is 23.0 Å². The summed E-state index contributed by atoms with van der Waals surface area (Å²) >= 11 is 5.86. The highest BCUT2D eigenvalue weighted by Crippen LogP contribution is 2.44. The Kier molecular flexibility index (Phi) is 6.17. The lowest BCUT2D eigenvalue weighted by molar-refractivity contribution is -0.137. The summed E-state index contributed by atoms with van der Waals surface area (Å²) in [5.41, 5.74) is -0.585. The van der Waals surface area contributed by atoms with Gasteiger partial charge < -0.3 is 25.0 Å². The van der Waals surface area contributed by atoms with Gasteiger partial charge in [-0.2, -0.15) is 28.2 Å². The number of aromatic amines is 1. The van der Waals surface area contributed by atoms with Crippen molar-refractivity contribution in [1.29, 1.82) is 0 Å². The number of aryl methyl sites for hydroxylation is 1. The van der Waals surface area contributed by atoms with E-state index in [1.807, 2.05) is 11.0 Å². The molecule has 0 amide bonds. The van der Waals surface area contributed by atoms with Gasteiger partial charge in [0.2, 0.25) is 0 Å². The SMILES string of the molecule is Cn1ncc2[nH]c(COc3nc(N4C[C@H]5CC[C@@H](C4)N5)c4cnc(-c5cc(O)cc(Cl)c5C(F)(F)F)c(F)c4n3)cc21. The first-order valence-corrected chi connectivity index (χ1v) is 13.5. The van der Waals surface area contributed by atoms with Gasteiger partial charge >= 0.3 is 12.2 Å². The first-order valence-electron chi connectivity index (χ1n) is 13.1. The number of nitrogens with one attached hydrogen (secondary N) is 2. The van der Waals surface area contributed by atoms with E-state index in [4.69, 9.17) is 16.3 Å². The van der Waals surface area contributed by atoms with E-state index in [0.717, 1.165) is 36.0 Å². The van der Waals surface area contributed by atoms with Crippen LogP contribution in [-0.2, 0) is 19.8 Å². The fraction of sp³-hybridized carbons (Fsp3) is 0.333. The fourth-order valence-corrected chi connectivity index (χ4v) is 6.18. The normalized spacial score (nSPS) is 18.9. The number of aromatic nitrogens is 6. The van der Waals surface area contributed by atoms with E-state index in [2.05, 4.69) is 30.4 Å². The molecule has 0 saturated carbocycles. The summed E-state index contributed by atoms with van der Waals surface area (Å²) in [5, 5.41) is 17.2. The first-order chi connectivity index (χ1) is 20.0. The number of pyridine rings is 1. The van der Waals surface area contributed by atoms with E-state index < -0.39 is 39.6 Å². The molecular formula is C27H23ClF4N8O2. The molecule has 0 spiro atoms. The summed E-state index contributed by atoms with van der Waals surface area (Å²) in [6, 6.07) is 3.67. The van der Waals surface area contributed by atoms with Crippen molar-refractivity contribution in [2.45, 2.75) is 37.7 Å². The lowest BCUT2D eigenvalue weighted by atomic mass is 10.0. The summed E-state index contributed by atoms with van der Waals surface area (Å²) in [6.07, 6.45) is -0.0476. The average molecular weight is 603 g/mol. The van der Waals surface area contributed by atoms with Crippen molar-refractivity contribution in [2.24, 2.45) is 7.05 Å². The predicted octanol–water partition coefficient (Wildman–Crippen LogP) is 4.94. The van der Waals surface area contributed by atoms with Crippen LogP contribution in [0.1, 0.15) is 24.1 Å². The molecule has 2 bridgehead atoms. The second kappa shape index (κ2) is 9.70. The van der Waals surface area contributed by atoms with Crippen LogP contribution in [-0.4, -0.2) is 60.0 Å². The van der Waals surface area contributed by atoms with Gasteiger partial charge in [-0.3, -0.25) is 9.67 Å². The number of fused-ring (bicyclic) bond motifs is 4. The van der Waals surface area contributed by atoms with Gasteiger partial charge in [0.1, 0.15) is 29.4 Å². The van der Waals surface area contributed by atoms with E-state index in [1.54, 1.807) is 17.9 Å². The van der Waals surface area contributed by atoms with Crippen LogP contribution in [0.25, 0.3) is 33.2 Å². The molecular weight excluding hydrogens is 580 g/mol. The van der Waals surface area contributed by atoms with Gasteiger partial charge in [-0.15, -0.1) is 0 Å². The smallest absolute Gasteiger partial charge is 0.418 e. The number of halogens is 5. The van der Waals surface area contributed by atoms with Crippen molar-refractivity contribution in [3.05, 3.63) is 52.7 Å². The molecule has 2 atom stereocenters. The second-order valence-electron chi connectivity index (χ2n) is 10.6. The Morgan fingerprint density at radius 1 is 1.12 bits per heavy atom. The first kappa shape index (κ1) is 26.7. The molecule has 5 aromatic rings. The Labute approximate surface area is 240 Å². The van der Waals surface area contributed by atoms with Gasteiger partial charge in [0.05, 0.1) is 38.9 Å². The molecule has 2 saturated heterocycles. The molecule has 2 aliphatic heterocycles. The third kappa shape index (κ3) is 4.54. The zero-order valence-corrected chi connectivity index (χ0v) is 22.8. The number of piperazine rings is 1. The minimum absolute atomic E-state index is 0.0202. The molecule has 42 heavy (non-hydrogen) atoms. The van der Waals surface area contributed by atoms with Crippen molar-refractivity contribution in [2.75, 3.05) is 18.0 Å². The number of phenolic OH excluding ortho intramolecular Hbond substituents is 1. The van der Waals surface area contributed by atoms with Crippen molar-refractivity contribution in [3.63, 3.8) is 0 Å². The van der Waals surface area contributed by atoms with Gasteiger partial charge in [0.15, 0.2) is 5.82 Å². The molecule has 0 radical (unpaired) electrons. The van der Waals surface area contributed by atoms with Crippen LogP contribution >= 0.6 is 11.6 Å². The Morgan fingerprint density at radius 3 is 2.60 bits per heavy atom. The maximum absolute atomic E-state index is 16.2. The van der Waals surface area contributed by atoms with E-state index in [0.29, 0.717) is 24.6 Å². The van der Waals surface area contributed by atoms with Crippen molar-refractivity contribution < 1.29 is 27.4 Å². The van der Waals surface area contributed by atoms with Gasteiger partial charge in [0.25, 0.3) is 0 Å². The van der Waals surface area contributed by atoms with Crippen LogP contribution in [0.2, 0.25) is 5.02 Å². The highest BCUT2D eigenvalue weighted by molar-refractivity contribution is 6.32. The molecule has 0 aliphatic carbocycles. The molecule has 6 heterocycles. The molecule has 10 nitrogen and oxygen atoms in total.